The molecule has 0 atom stereocenters. The molecule has 1 aliphatic carbocycles. The molecule has 0 saturated heterocycles. The highest BCUT2D eigenvalue weighted by molar-refractivity contribution is 5.57. The standard InChI is InChI=1S/C14H16N4O3/c1-21-13-7-6-9(18(19)20)8-12(13)17-11-5-3-2-4-10(11)14(15)16-17/h6-8H,2-5H2,1H3,(H2,15,16). The quantitative estimate of drug-likeness (QED) is 0.690. The number of ether oxygens (including phenoxy) is 1. The smallest absolute Gasteiger partial charge is 0.271 e. The van der Waals surface area contributed by atoms with Gasteiger partial charge in [0.2, 0.25) is 0 Å². The highest BCUT2D eigenvalue weighted by Crippen LogP contribution is 2.33. The molecule has 0 bridgehead atoms. The Balaban J connectivity index is 2.20. The molecule has 1 aromatic carbocycles. The summed E-state index contributed by atoms with van der Waals surface area (Å²) in [5.41, 5.74) is 8.62. The van der Waals surface area contributed by atoms with Gasteiger partial charge in [-0.25, -0.2) is 4.68 Å². The van der Waals surface area contributed by atoms with E-state index in [1.165, 1.54) is 19.2 Å². The van der Waals surface area contributed by atoms with Crippen LogP contribution in [-0.2, 0) is 12.8 Å². The second-order valence-corrected chi connectivity index (χ2v) is 5.04. The molecule has 21 heavy (non-hydrogen) atoms. The van der Waals surface area contributed by atoms with Crippen LogP contribution in [0.3, 0.4) is 0 Å². The third kappa shape index (κ3) is 2.20. The molecule has 0 saturated carbocycles. The summed E-state index contributed by atoms with van der Waals surface area (Å²) in [7, 11) is 1.53. The van der Waals surface area contributed by atoms with Crippen molar-refractivity contribution in [1.29, 1.82) is 0 Å². The van der Waals surface area contributed by atoms with E-state index in [1.807, 2.05) is 0 Å². The van der Waals surface area contributed by atoms with E-state index in [9.17, 15) is 10.1 Å². The van der Waals surface area contributed by atoms with Crippen molar-refractivity contribution in [3.63, 3.8) is 0 Å². The molecule has 7 nitrogen and oxygen atoms in total. The number of anilines is 1. The highest BCUT2D eigenvalue weighted by Gasteiger charge is 2.23. The molecule has 0 unspecified atom stereocenters. The Morgan fingerprint density at radius 3 is 2.86 bits per heavy atom. The third-order valence-electron chi connectivity index (χ3n) is 3.81. The number of nitrogens with two attached hydrogens (primary N) is 1. The van der Waals surface area contributed by atoms with E-state index in [0.717, 1.165) is 36.9 Å². The minimum atomic E-state index is -0.428. The summed E-state index contributed by atoms with van der Waals surface area (Å²) < 4.78 is 7.00. The molecule has 0 amide bonds. The average Bonchev–Trinajstić information content (AvgIpc) is 2.84. The first kappa shape index (κ1) is 13.4. The fourth-order valence-electron chi connectivity index (χ4n) is 2.78. The van der Waals surface area contributed by atoms with Crippen LogP contribution in [0.25, 0.3) is 5.69 Å². The highest BCUT2D eigenvalue weighted by atomic mass is 16.6. The largest absolute Gasteiger partial charge is 0.494 e. The number of nitro groups is 1. The molecule has 2 aromatic rings. The Hall–Kier alpha value is -2.57. The van der Waals surface area contributed by atoms with Crippen molar-refractivity contribution in [2.75, 3.05) is 12.8 Å². The zero-order chi connectivity index (χ0) is 15.0. The number of nitro benzene ring substituents is 1. The molecule has 0 aliphatic heterocycles. The Morgan fingerprint density at radius 2 is 2.14 bits per heavy atom. The molecule has 2 N–H and O–H groups in total. The summed E-state index contributed by atoms with van der Waals surface area (Å²) in [4.78, 5) is 10.6. The van der Waals surface area contributed by atoms with Gasteiger partial charge in [-0.05, 0) is 31.7 Å². The lowest BCUT2D eigenvalue weighted by molar-refractivity contribution is -0.384. The predicted octanol–water partition coefficient (Wildman–Crippen LogP) is 2.25. The third-order valence-corrected chi connectivity index (χ3v) is 3.81. The lowest BCUT2D eigenvalue weighted by atomic mass is 9.97. The summed E-state index contributed by atoms with van der Waals surface area (Å²) >= 11 is 0. The zero-order valence-corrected chi connectivity index (χ0v) is 11.7. The van der Waals surface area contributed by atoms with Crippen LogP contribution in [0.15, 0.2) is 18.2 Å². The van der Waals surface area contributed by atoms with Crippen LogP contribution in [0.1, 0.15) is 24.1 Å². The van der Waals surface area contributed by atoms with Crippen molar-refractivity contribution in [1.82, 2.24) is 9.78 Å². The zero-order valence-electron chi connectivity index (χ0n) is 11.7. The second-order valence-electron chi connectivity index (χ2n) is 5.04. The molecule has 0 spiro atoms. The van der Waals surface area contributed by atoms with Crippen molar-refractivity contribution >= 4 is 11.5 Å². The number of hydrogen-bond acceptors (Lipinski definition) is 5. The van der Waals surface area contributed by atoms with Gasteiger partial charge in [0.25, 0.3) is 5.69 Å². The van der Waals surface area contributed by atoms with E-state index in [4.69, 9.17) is 10.5 Å². The van der Waals surface area contributed by atoms with Crippen LogP contribution in [0.4, 0.5) is 11.5 Å². The Kier molecular flexibility index (Phi) is 3.25. The molecular weight excluding hydrogens is 272 g/mol. The maximum absolute atomic E-state index is 11.0. The van der Waals surface area contributed by atoms with Gasteiger partial charge in [-0.2, -0.15) is 5.10 Å². The Labute approximate surface area is 121 Å². The van der Waals surface area contributed by atoms with Crippen LogP contribution in [0.5, 0.6) is 5.75 Å². The average molecular weight is 288 g/mol. The summed E-state index contributed by atoms with van der Waals surface area (Å²) in [6.45, 7) is 0. The first-order valence-electron chi connectivity index (χ1n) is 6.81. The summed E-state index contributed by atoms with van der Waals surface area (Å²) in [6, 6.07) is 4.47. The van der Waals surface area contributed by atoms with Gasteiger partial charge in [-0.1, -0.05) is 0 Å². The van der Waals surface area contributed by atoms with E-state index in [0.29, 0.717) is 17.3 Å². The molecule has 3 rings (SSSR count). The first-order chi connectivity index (χ1) is 10.1. The maximum atomic E-state index is 11.0. The Bertz CT molecular complexity index is 708. The lowest BCUT2D eigenvalue weighted by Gasteiger charge is -2.15. The van der Waals surface area contributed by atoms with Gasteiger partial charge in [0.05, 0.1) is 12.0 Å². The van der Waals surface area contributed by atoms with Gasteiger partial charge in [0.1, 0.15) is 17.3 Å². The Morgan fingerprint density at radius 1 is 1.38 bits per heavy atom. The van der Waals surface area contributed by atoms with Gasteiger partial charge in [-0.3, -0.25) is 10.1 Å². The van der Waals surface area contributed by atoms with Crippen molar-refractivity contribution in [2.45, 2.75) is 25.7 Å². The number of fused-ring (bicyclic) bond motifs is 1. The van der Waals surface area contributed by atoms with Gasteiger partial charge < -0.3 is 10.5 Å². The molecular formula is C14H16N4O3. The van der Waals surface area contributed by atoms with E-state index in [2.05, 4.69) is 5.10 Å². The molecule has 1 aliphatic rings. The van der Waals surface area contributed by atoms with Crippen molar-refractivity contribution in [3.05, 3.63) is 39.6 Å². The monoisotopic (exact) mass is 288 g/mol. The normalized spacial score (nSPS) is 13.8. The number of methoxy groups -OCH3 is 1. The number of aromatic nitrogens is 2. The summed E-state index contributed by atoms with van der Waals surface area (Å²) in [5.74, 6) is 1.04. The number of benzene rings is 1. The minimum Gasteiger partial charge on any atom is -0.494 e. The summed E-state index contributed by atoms with van der Waals surface area (Å²) in [6.07, 6.45) is 3.92. The minimum absolute atomic E-state index is 0.00410. The fourth-order valence-corrected chi connectivity index (χ4v) is 2.78. The van der Waals surface area contributed by atoms with Crippen molar-refractivity contribution < 1.29 is 9.66 Å². The molecule has 1 heterocycles. The molecule has 0 radical (unpaired) electrons. The van der Waals surface area contributed by atoms with Crippen LogP contribution in [0, 0.1) is 10.1 Å². The number of rotatable bonds is 3. The summed E-state index contributed by atoms with van der Waals surface area (Å²) in [5, 5.41) is 15.4. The van der Waals surface area contributed by atoms with Crippen LogP contribution in [-0.4, -0.2) is 21.8 Å². The van der Waals surface area contributed by atoms with Crippen LogP contribution in [0.2, 0.25) is 0 Å². The van der Waals surface area contributed by atoms with Gasteiger partial charge >= 0.3 is 0 Å². The SMILES string of the molecule is COc1ccc([N+](=O)[O-])cc1-n1nc(N)c2c1CCCC2. The maximum Gasteiger partial charge on any atom is 0.271 e. The predicted molar refractivity (Wildman–Crippen MR) is 77.8 cm³/mol. The van der Waals surface area contributed by atoms with Gasteiger partial charge in [-0.15, -0.1) is 0 Å². The molecule has 7 heteroatoms. The van der Waals surface area contributed by atoms with Crippen LogP contribution < -0.4 is 10.5 Å². The van der Waals surface area contributed by atoms with E-state index in [-0.39, 0.29) is 5.69 Å². The number of nitrogens with zero attached hydrogens (tertiary/aromatic N) is 3. The number of nitrogen functional groups attached to an aromatic ring is 1. The van der Waals surface area contributed by atoms with E-state index < -0.39 is 4.92 Å². The van der Waals surface area contributed by atoms with Gasteiger partial charge in [0, 0.05) is 23.4 Å². The first-order valence-corrected chi connectivity index (χ1v) is 6.81. The second kappa shape index (κ2) is 5.08. The van der Waals surface area contributed by atoms with Crippen molar-refractivity contribution in [3.8, 4) is 11.4 Å². The number of hydrogen-bond donors (Lipinski definition) is 1. The molecule has 1 aromatic heterocycles. The molecule has 0 fully saturated rings. The topological polar surface area (TPSA) is 96.2 Å². The van der Waals surface area contributed by atoms with E-state index in [1.54, 1.807) is 10.7 Å². The fraction of sp³-hybridized carbons (Fsp3) is 0.357. The van der Waals surface area contributed by atoms with Crippen molar-refractivity contribution in [2.24, 2.45) is 0 Å². The lowest BCUT2D eigenvalue weighted by Crippen LogP contribution is -2.09. The van der Waals surface area contributed by atoms with Gasteiger partial charge in [0.15, 0.2) is 0 Å². The van der Waals surface area contributed by atoms with E-state index >= 15 is 0 Å². The molecule has 110 valence electrons. The van der Waals surface area contributed by atoms with Crippen LogP contribution >= 0.6 is 0 Å². The number of non-ortho nitro benzene ring substituents is 1.